The van der Waals surface area contributed by atoms with Gasteiger partial charge in [0.15, 0.2) is 0 Å². The third kappa shape index (κ3) is 17.0. The van der Waals surface area contributed by atoms with Crippen molar-refractivity contribution in [1.29, 1.82) is 0 Å². The molecule has 0 amide bonds. The second kappa shape index (κ2) is 16.5. The highest BCUT2D eigenvalue weighted by Gasteiger charge is 2.02. The van der Waals surface area contributed by atoms with Crippen molar-refractivity contribution in [1.82, 2.24) is 0 Å². The Morgan fingerprint density at radius 2 is 1.08 bits per heavy atom. The Morgan fingerprint density at radius 1 is 0.667 bits per heavy atom. The summed E-state index contributed by atoms with van der Waals surface area (Å²) < 4.78 is 0. The van der Waals surface area contributed by atoms with E-state index in [2.05, 4.69) is 6.92 Å². The van der Waals surface area contributed by atoms with Gasteiger partial charge < -0.3 is 10.2 Å². The van der Waals surface area contributed by atoms with Crippen LogP contribution in [0.4, 0.5) is 0 Å². The molecule has 0 rings (SSSR count). The number of carbonyl (C=O) groups is 2. The van der Waals surface area contributed by atoms with Crippen molar-refractivity contribution in [3.05, 3.63) is 11.6 Å². The molecule has 0 aromatic rings. The lowest BCUT2D eigenvalue weighted by atomic mass is 9.99. The zero-order valence-corrected chi connectivity index (χ0v) is 15.4. The van der Waals surface area contributed by atoms with Gasteiger partial charge in [0.25, 0.3) is 0 Å². The van der Waals surface area contributed by atoms with E-state index in [-0.39, 0.29) is 6.42 Å². The predicted molar refractivity (Wildman–Crippen MR) is 98.3 cm³/mol. The van der Waals surface area contributed by atoms with Crippen LogP contribution in [-0.4, -0.2) is 22.2 Å². The Hall–Kier alpha value is -1.32. The first kappa shape index (κ1) is 22.7. The Bertz CT molecular complexity index is 361. The average molecular weight is 341 g/mol. The minimum Gasteiger partial charge on any atom is -0.481 e. The van der Waals surface area contributed by atoms with Crippen LogP contribution in [-0.2, 0) is 9.59 Å². The van der Waals surface area contributed by atoms with Gasteiger partial charge in [-0.2, -0.15) is 0 Å². The minimum atomic E-state index is -0.818. The van der Waals surface area contributed by atoms with Crippen molar-refractivity contribution in [3.63, 3.8) is 0 Å². The normalized spacial score (nSPS) is 11.6. The van der Waals surface area contributed by atoms with E-state index in [0.29, 0.717) is 0 Å². The van der Waals surface area contributed by atoms with E-state index in [1.165, 1.54) is 44.6 Å². The topological polar surface area (TPSA) is 74.6 Å². The minimum absolute atomic E-state index is 0.289. The molecule has 0 saturated carbocycles. The number of aliphatic carboxylic acids is 2. The van der Waals surface area contributed by atoms with Crippen molar-refractivity contribution in [3.8, 4) is 0 Å². The third-order valence-electron chi connectivity index (χ3n) is 4.32. The maximum absolute atomic E-state index is 10.9. The van der Waals surface area contributed by atoms with E-state index in [9.17, 15) is 9.59 Å². The van der Waals surface area contributed by atoms with Crippen LogP contribution in [0.1, 0.15) is 103 Å². The highest BCUT2D eigenvalue weighted by atomic mass is 16.4. The fourth-order valence-electron chi connectivity index (χ4n) is 2.91. The van der Waals surface area contributed by atoms with Gasteiger partial charge in [-0.3, -0.25) is 4.79 Å². The molecule has 0 spiro atoms. The second-order valence-electron chi connectivity index (χ2n) is 6.67. The smallest absolute Gasteiger partial charge is 0.328 e. The molecule has 4 nitrogen and oxygen atoms in total. The summed E-state index contributed by atoms with van der Waals surface area (Å²) in [6.45, 7) is 2.18. The number of allylic oxidation sites excluding steroid dienone is 1. The van der Waals surface area contributed by atoms with Crippen LogP contribution in [0, 0.1) is 0 Å². The van der Waals surface area contributed by atoms with Gasteiger partial charge in [-0.05, 0) is 32.1 Å². The lowest BCUT2D eigenvalue weighted by Gasteiger charge is -2.07. The molecule has 0 heterocycles. The molecule has 0 bridgehead atoms. The standard InChI is InChI=1S/C20H36O4/c1-2-3-4-11-14-18(17-20(23)24)15-12-9-7-5-6-8-10-13-16-19(21)22/h17H,2-16H2,1H3,(H,21,22)(H,23,24)/b18-17-. The number of carboxylic acid groups (broad SMARTS) is 2. The molecule has 0 atom stereocenters. The van der Waals surface area contributed by atoms with Crippen LogP contribution in [0.5, 0.6) is 0 Å². The molecule has 0 aromatic carbocycles. The van der Waals surface area contributed by atoms with Crippen LogP contribution in [0.15, 0.2) is 11.6 Å². The molecule has 0 unspecified atom stereocenters. The fraction of sp³-hybridized carbons (Fsp3) is 0.800. The first-order valence-electron chi connectivity index (χ1n) is 9.70. The molecule has 0 aliphatic heterocycles. The van der Waals surface area contributed by atoms with Crippen molar-refractivity contribution >= 4 is 11.9 Å². The van der Waals surface area contributed by atoms with Crippen LogP contribution >= 0.6 is 0 Å². The SMILES string of the molecule is CCCCCC/C(=C/C(=O)O)CCCCCCCCCCC(=O)O. The van der Waals surface area contributed by atoms with Gasteiger partial charge in [0, 0.05) is 12.5 Å². The van der Waals surface area contributed by atoms with Gasteiger partial charge in [0.05, 0.1) is 0 Å². The molecule has 0 fully saturated rings. The van der Waals surface area contributed by atoms with Gasteiger partial charge in [0.2, 0.25) is 0 Å². The Labute approximate surface area is 147 Å². The molecule has 140 valence electrons. The van der Waals surface area contributed by atoms with E-state index in [4.69, 9.17) is 10.2 Å². The Morgan fingerprint density at radius 3 is 1.50 bits per heavy atom. The summed E-state index contributed by atoms with van der Waals surface area (Å²) in [4.78, 5) is 21.3. The molecule has 0 aliphatic rings. The van der Waals surface area contributed by atoms with Gasteiger partial charge in [0.1, 0.15) is 0 Å². The highest BCUT2D eigenvalue weighted by molar-refractivity contribution is 5.80. The zero-order chi connectivity index (χ0) is 18.0. The van der Waals surface area contributed by atoms with Gasteiger partial charge in [-0.25, -0.2) is 4.79 Å². The van der Waals surface area contributed by atoms with Crippen LogP contribution < -0.4 is 0 Å². The molecule has 2 N–H and O–H groups in total. The monoisotopic (exact) mass is 340 g/mol. The summed E-state index contributed by atoms with van der Waals surface area (Å²) in [6, 6.07) is 0. The van der Waals surface area contributed by atoms with E-state index in [1.807, 2.05) is 0 Å². The lowest BCUT2D eigenvalue weighted by Crippen LogP contribution is -1.94. The summed E-state index contributed by atoms with van der Waals surface area (Å²) in [7, 11) is 0. The van der Waals surface area contributed by atoms with E-state index < -0.39 is 11.9 Å². The summed E-state index contributed by atoms with van der Waals surface area (Å²) in [5.74, 6) is -1.52. The molecular weight excluding hydrogens is 304 g/mol. The molecule has 0 aliphatic carbocycles. The summed E-state index contributed by atoms with van der Waals surface area (Å²) in [5.41, 5.74) is 1.09. The summed E-state index contributed by atoms with van der Waals surface area (Å²) in [5, 5.41) is 17.5. The number of rotatable bonds is 17. The van der Waals surface area contributed by atoms with Crippen LogP contribution in [0.2, 0.25) is 0 Å². The zero-order valence-electron chi connectivity index (χ0n) is 15.4. The summed E-state index contributed by atoms with van der Waals surface area (Å²) in [6.07, 6.45) is 17.0. The molecule has 0 radical (unpaired) electrons. The quantitative estimate of drug-likeness (QED) is 0.253. The van der Waals surface area contributed by atoms with E-state index in [1.54, 1.807) is 0 Å². The Kier molecular flexibility index (Phi) is 15.6. The van der Waals surface area contributed by atoms with Crippen LogP contribution in [0.3, 0.4) is 0 Å². The van der Waals surface area contributed by atoms with Gasteiger partial charge in [-0.1, -0.05) is 70.3 Å². The maximum Gasteiger partial charge on any atom is 0.328 e. The molecule has 4 heteroatoms. The number of unbranched alkanes of at least 4 members (excludes halogenated alkanes) is 10. The average Bonchev–Trinajstić information content (AvgIpc) is 2.52. The number of hydrogen-bond donors (Lipinski definition) is 2. The highest BCUT2D eigenvalue weighted by Crippen LogP contribution is 2.18. The first-order chi connectivity index (χ1) is 11.6. The number of carboxylic acids is 2. The fourth-order valence-corrected chi connectivity index (χ4v) is 2.91. The van der Waals surface area contributed by atoms with E-state index in [0.717, 1.165) is 56.9 Å². The Balaban J connectivity index is 3.62. The van der Waals surface area contributed by atoms with Crippen molar-refractivity contribution < 1.29 is 19.8 Å². The third-order valence-corrected chi connectivity index (χ3v) is 4.32. The lowest BCUT2D eigenvalue weighted by molar-refractivity contribution is -0.137. The van der Waals surface area contributed by atoms with Crippen LogP contribution in [0.25, 0.3) is 0 Å². The summed E-state index contributed by atoms with van der Waals surface area (Å²) >= 11 is 0. The predicted octanol–water partition coefficient (Wildman–Crippen LogP) is 5.95. The van der Waals surface area contributed by atoms with Crippen molar-refractivity contribution in [2.45, 2.75) is 103 Å². The van der Waals surface area contributed by atoms with E-state index >= 15 is 0 Å². The van der Waals surface area contributed by atoms with Gasteiger partial charge >= 0.3 is 11.9 Å². The number of hydrogen-bond acceptors (Lipinski definition) is 2. The largest absolute Gasteiger partial charge is 0.481 e. The molecule has 24 heavy (non-hydrogen) atoms. The second-order valence-corrected chi connectivity index (χ2v) is 6.67. The molecule has 0 saturated heterocycles. The van der Waals surface area contributed by atoms with Crippen molar-refractivity contribution in [2.75, 3.05) is 0 Å². The molecular formula is C20H36O4. The maximum atomic E-state index is 10.9. The van der Waals surface area contributed by atoms with Gasteiger partial charge in [-0.15, -0.1) is 0 Å². The first-order valence-corrected chi connectivity index (χ1v) is 9.70. The van der Waals surface area contributed by atoms with Crippen molar-refractivity contribution in [2.24, 2.45) is 0 Å². The molecule has 0 aromatic heterocycles.